The van der Waals surface area contributed by atoms with Crippen LogP contribution in [0.2, 0.25) is 0 Å². The van der Waals surface area contributed by atoms with E-state index in [4.69, 9.17) is 4.74 Å². The summed E-state index contributed by atoms with van der Waals surface area (Å²) in [6.45, 7) is 0.958. The van der Waals surface area contributed by atoms with Crippen LogP contribution in [0.1, 0.15) is 29.0 Å². The van der Waals surface area contributed by atoms with Gasteiger partial charge in [-0.3, -0.25) is 14.6 Å². The zero-order valence-corrected chi connectivity index (χ0v) is 15.5. The van der Waals surface area contributed by atoms with Crippen molar-refractivity contribution in [3.05, 3.63) is 54.1 Å². The zero-order chi connectivity index (χ0) is 19.5. The number of ether oxygens (including phenoxy) is 1. The fraction of sp³-hybridized carbons (Fsp3) is 0.300. The summed E-state index contributed by atoms with van der Waals surface area (Å²) in [5, 5.41) is 5.74. The van der Waals surface area contributed by atoms with Gasteiger partial charge in [-0.1, -0.05) is 0 Å². The van der Waals surface area contributed by atoms with Crippen LogP contribution >= 0.6 is 0 Å². The Hall–Kier alpha value is -3.26. The van der Waals surface area contributed by atoms with Gasteiger partial charge in [0.05, 0.1) is 23.1 Å². The number of rotatable bonds is 5. The van der Waals surface area contributed by atoms with Crippen molar-refractivity contribution in [2.24, 2.45) is 7.05 Å². The highest BCUT2D eigenvalue weighted by Crippen LogP contribution is 2.20. The van der Waals surface area contributed by atoms with Crippen molar-refractivity contribution in [1.29, 1.82) is 0 Å². The Kier molecular flexibility index (Phi) is 5.03. The molecule has 0 spiro atoms. The van der Waals surface area contributed by atoms with Crippen LogP contribution in [0.3, 0.4) is 0 Å². The van der Waals surface area contributed by atoms with Crippen molar-refractivity contribution in [3.63, 3.8) is 0 Å². The van der Waals surface area contributed by atoms with Crippen molar-refractivity contribution in [2.75, 3.05) is 11.9 Å². The van der Waals surface area contributed by atoms with E-state index in [9.17, 15) is 9.59 Å². The quantitative estimate of drug-likeness (QED) is 0.707. The second-order valence-corrected chi connectivity index (χ2v) is 6.71. The lowest BCUT2D eigenvalue weighted by atomic mass is 10.2. The minimum atomic E-state index is -0.357. The Balaban J connectivity index is 1.47. The van der Waals surface area contributed by atoms with Crippen molar-refractivity contribution >= 4 is 28.5 Å². The summed E-state index contributed by atoms with van der Waals surface area (Å²) < 4.78 is 7.33. The number of hydrogen-bond donors (Lipinski definition) is 2. The molecule has 0 bridgehead atoms. The number of pyridine rings is 1. The zero-order valence-electron chi connectivity index (χ0n) is 15.5. The van der Waals surface area contributed by atoms with Gasteiger partial charge in [0.1, 0.15) is 11.9 Å². The first-order valence-electron chi connectivity index (χ1n) is 9.18. The second kappa shape index (κ2) is 7.77. The van der Waals surface area contributed by atoms with Gasteiger partial charge in [-0.05, 0) is 43.2 Å². The minimum absolute atomic E-state index is 0.103. The first-order valence-corrected chi connectivity index (χ1v) is 9.18. The molecule has 1 fully saturated rings. The van der Waals surface area contributed by atoms with Crippen LogP contribution in [-0.4, -0.2) is 39.1 Å². The van der Waals surface area contributed by atoms with Crippen LogP contribution in [0.25, 0.3) is 11.0 Å². The van der Waals surface area contributed by atoms with Crippen molar-refractivity contribution in [3.8, 4) is 0 Å². The molecule has 8 nitrogen and oxygen atoms in total. The molecule has 3 heterocycles. The number of benzene rings is 1. The fourth-order valence-corrected chi connectivity index (χ4v) is 3.25. The predicted octanol–water partition coefficient (Wildman–Crippen LogP) is 2.02. The summed E-state index contributed by atoms with van der Waals surface area (Å²) >= 11 is 0. The van der Waals surface area contributed by atoms with Gasteiger partial charge >= 0.3 is 0 Å². The standard InChI is InChI=1S/C20H21N5O3/c1-25-16-7-6-14(23-19(26)13-4-2-8-21-11-13)10-15(16)24-18(25)12-22-20(27)17-5-3-9-28-17/h2,4,6-8,10-11,17H,3,5,9,12H2,1H3,(H,22,27)(H,23,26)/t17-/m0/s1. The van der Waals surface area contributed by atoms with Crippen LogP contribution in [0, 0.1) is 0 Å². The second-order valence-electron chi connectivity index (χ2n) is 6.71. The van der Waals surface area contributed by atoms with Crippen LogP contribution in [0.15, 0.2) is 42.7 Å². The Labute approximate surface area is 161 Å². The first kappa shape index (κ1) is 18.1. The van der Waals surface area contributed by atoms with Crippen molar-refractivity contribution in [1.82, 2.24) is 19.9 Å². The predicted molar refractivity (Wildman–Crippen MR) is 104 cm³/mol. The topological polar surface area (TPSA) is 98.1 Å². The normalized spacial score (nSPS) is 16.2. The maximum atomic E-state index is 12.3. The molecular formula is C20H21N5O3. The molecule has 0 radical (unpaired) electrons. The smallest absolute Gasteiger partial charge is 0.257 e. The largest absolute Gasteiger partial charge is 0.368 e. The number of imidazole rings is 1. The number of amides is 2. The van der Waals surface area contributed by atoms with E-state index in [0.717, 1.165) is 29.7 Å². The maximum absolute atomic E-state index is 12.3. The highest BCUT2D eigenvalue weighted by Gasteiger charge is 2.23. The number of fused-ring (bicyclic) bond motifs is 1. The van der Waals surface area contributed by atoms with Gasteiger partial charge in [-0.15, -0.1) is 0 Å². The number of nitrogens with one attached hydrogen (secondary N) is 2. The molecule has 144 valence electrons. The Morgan fingerprint density at radius 3 is 2.96 bits per heavy atom. The summed E-state index contributed by atoms with van der Waals surface area (Å²) in [4.78, 5) is 33.0. The first-order chi connectivity index (χ1) is 13.6. The molecule has 4 rings (SSSR count). The molecule has 1 aliphatic rings. The summed E-state index contributed by atoms with van der Waals surface area (Å²) in [7, 11) is 1.90. The number of hydrogen-bond acceptors (Lipinski definition) is 5. The van der Waals surface area contributed by atoms with E-state index >= 15 is 0 Å². The molecule has 28 heavy (non-hydrogen) atoms. The van der Waals surface area contributed by atoms with E-state index in [1.807, 2.05) is 29.8 Å². The molecular weight excluding hydrogens is 358 g/mol. The maximum Gasteiger partial charge on any atom is 0.257 e. The van der Waals surface area contributed by atoms with Gasteiger partial charge in [0.25, 0.3) is 5.91 Å². The van der Waals surface area contributed by atoms with Gasteiger partial charge in [-0.25, -0.2) is 4.98 Å². The summed E-state index contributed by atoms with van der Waals surface area (Å²) in [5.74, 6) is 0.401. The molecule has 0 unspecified atom stereocenters. The summed E-state index contributed by atoms with van der Waals surface area (Å²) in [6, 6.07) is 8.96. The molecule has 2 aromatic heterocycles. The van der Waals surface area contributed by atoms with Crippen LogP contribution < -0.4 is 10.6 Å². The van der Waals surface area contributed by atoms with Crippen LogP contribution in [0.4, 0.5) is 5.69 Å². The van der Waals surface area contributed by atoms with Gasteiger partial charge in [0.15, 0.2) is 0 Å². The molecule has 2 amide bonds. The molecule has 0 aliphatic carbocycles. The van der Waals surface area contributed by atoms with E-state index in [2.05, 4.69) is 20.6 Å². The van der Waals surface area contributed by atoms with Crippen LogP contribution in [0.5, 0.6) is 0 Å². The van der Waals surface area contributed by atoms with Gasteiger partial charge < -0.3 is 19.9 Å². The third-order valence-corrected chi connectivity index (χ3v) is 4.80. The Morgan fingerprint density at radius 2 is 2.21 bits per heavy atom. The third-order valence-electron chi connectivity index (χ3n) is 4.80. The van der Waals surface area contributed by atoms with Gasteiger partial charge in [0.2, 0.25) is 5.91 Å². The monoisotopic (exact) mass is 379 g/mol. The van der Waals surface area contributed by atoms with Gasteiger partial charge in [-0.2, -0.15) is 0 Å². The highest BCUT2D eigenvalue weighted by molar-refractivity contribution is 6.04. The Morgan fingerprint density at radius 1 is 1.32 bits per heavy atom. The van der Waals surface area contributed by atoms with E-state index in [1.165, 1.54) is 6.20 Å². The van der Waals surface area contributed by atoms with E-state index in [0.29, 0.717) is 24.4 Å². The van der Waals surface area contributed by atoms with Gasteiger partial charge in [0, 0.05) is 31.7 Å². The average Bonchev–Trinajstić information content (AvgIpc) is 3.35. The lowest BCUT2D eigenvalue weighted by Crippen LogP contribution is -2.34. The number of carbonyl (C=O) groups excluding carboxylic acids is 2. The molecule has 2 N–H and O–H groups in total. The van der Waals surface area contributed by atoms with E-state index in [-0.39, 0.29) is 17.9 Å². The highest BCUT2D eigenvalue weighted by atomic mass is 16.5. The minimum Gasteiger partial charge on any atom is -0.368 e. The molecule has 8 heteroatoms. The van der Waals surface area contributed by atoms with E-state index in [1.54, 1.807) is 18.3 Å². The van der Waals surface area contributed by atoms with Crippen molar-refractivity contribution < 1.29 is 14.3 Å². The lowest BCUT2D eigenvalue weighted by molar-refractivity contribution is -0.130. The summed E-state index contributed by atoms with van der Waals surface area (Å²) in [5.41, 5.74) is 2.80. The van der Waals surface area contributed by atoms with Crippen molar-refractivity contribution in [2.45, 2.75) is 25.5 Å². The molecule has 1 atom stereocenters. The van der Waals surface area contributed by atoms with E-state index < -0.39 is 0 Å². The Bertz CT molecular complexity index is 1010. The molecule has 1 aromatic carbocycles. The number of aryl methyl sites for hydroxylation is 1. The molecule has 3 aromatic rings. The van der Waals surface area contributed by atoms with Crippen LogP contribution in [-0.2, 0) is 23.1 Å². The lowest BCUT2D eigenvalue weighted by Gasteiger charge is -2.10. The number of carbonyl (C=O) groups is 2. The molecule has 1 saturated heterocycles. The number of aromatic nitrogens is 3. The number of nitrogens with zero attached hydrogens (tertiary/aromatic N) is 3. The third kappa shape index (κ3) is 3.72. The average molecular weight is 379 g/mol. The SMILES string of the molecule is Cn1c(CNC(=O)[C@@H]2CCCO2)nc2cc(NC(=O)c3cccnc3)ccc21. The number of anilines is 1. The fourth-order valence-electron chi connectivity index (χ4n) is 3.25. The molecule has 1 aliphatic heterocycles. The summed E-state index contributed by atoms with van der Waals surface area (Å²) in [6.07, 6.45) is 4.45. The molecule has 0 saturated carbocycles.